The molecule has 0 aromatic carbocycles. The number of unbranched alkanes of at least 4 members (excludes halogenated alkanes) is 1. The molecule has 0 amide bonds. The summed E-state index contributed by atoms with van der Waals surface area (Å²) in [6.07, 6.45) is 2.08. The van der Waals surface area contributed by atoms with Crippen molar-refractivity contribution in [1.29, 1.82) is 0 Å². The van der Waals surface area contributed by atoms with E-state index in [-0.39, 0.29) is 12.4 Å². The second-order valence-corrected chi connectivity index (χ2v) is 7.31. The van der Waals surface area contributed by atoms with Crippen LogP contribution >= 0.6 is 0 Å². The molecule has 1 saturated heterocycles. The van der Waals surface area contributed by atoms with Gasteiger partial charge in [0.15, 0.2) is 0 Å². The summed E-state index contributed by atoms with van der Waals surface area (Å²) in [5, 5.41) is 0. The Bertz CT molecular complexity index is 229. The summed E-state index contributed by atoms with van der Waals surface area (Å²) < 4.78 is 28.5. The zero-order valence-electron chi connectivity index (χ0n) is 12.6. The van der Waals surface area contributed by atoms with Crippen molar-refractivity contribution >= 4 is 8.80 Å². The van der Waals surface area contributed by atoms with Gasteiger partial charge in [-0.1, -0.05) is 13.3 Å². The van der Waals surface area contributed by atoms with Gasteiger partial charge in [0.25, 0.3) is 0 Å². The summed E-state index contributed by atoms with van der Waals surface area (Å²) in [6, 6.07) is 0.846. The Balaban J connectivity index is 2.46. The third-order valence-electron chi connectivity index (χ3n) is 2.83. The Morgan fingerprint density at radius 1 is 1.21 bits per heavy atom. The number of ether oxygens (including phenoxy) is 2. The van der Waals surface area contributed by atoms with Gasteiger partial charge in [-0.15, -0.1) is 0 Å². The maximum atomic E-state index is 6.02. The maximum absolute atomic E-state index is 6.02. The van der Waals surface area contributed by atoms with Gasteiger partial charge >= 0.3 is 8.80 Å². The van der Waals surface area contributed by atoms with Crippen LogP contribution in [0.4, 0.5) is 0 Å². The molecule has 19 heavy (non-hydrogen) atoms. The molecule has 1 heterocycles. The smallest absolute Gasteiger partial charge is 0.374 e. The predicted molar refractivity (Wildman–Crippen MR) is 75.0 cm³/mol. The molecule has 1 rings (SSSR count). The Morgan fingerprint density at radius 3 is 2.32 bits per heavy atom. The van der Waals surface area contributed by atoms with Crippen LogP contribution in [0.5, 0.6) is 0 Å². The monoisotopic (exact) mass is 292 g/mol. The second kappa shape index (κ2) is 9.04. The van der Waals surface area contributed by atoms with Crippen LogP contribution < -0.4 is 0 Å². The third kappa shape index (κ3) is 6.83. The van der Waals surface area contributed by atoms with Crippen LogP contribution in [0.15, 0.2) is 0 Å². The lowest BCUT2D eigenvalue weighted by Crippen LogP contribution is -2.48. The van der Waals surface area contributed by atoms with E-state index in [4.69, 9.17) is 22.8 Å². The van der Waals surface area contributed by atoms with E-state index in [1.165, 1.54) is 0 Å². The molecule has 0 N–H and O–H groups in total. The van der Waals surface area contributed by atoms with E-state index in [1.54, 1.807) is 0 Å². The molecule has 0 radical (unpaired) electrons. The number of hydrogen-bond donors (Lipinski definition) is 0. The molecule has 2 atom stereocenters. The third-order valence-corrected chi connectivity index (χ3v) is 5.94. The van der Waals surface area contributed by atoms with E-state index >= 15 is 0 Å². The van der Waals surface area contributed by atoms with E-state index in [0.29, 0.717) is 19.8 Å². The van der Waals surface area contributed by atoms with Crippen LogP contribution in [0.25, 0.3) is 0 Å². The minimum atomic E-state index is -2.60. The average molecular weight is 292 g/mol. The van der Waals surface area contributed by atoms with Crippen LogP contribution in [-0.2, 0) is 22.8 Å². The minimum absolute atomic E-state index is 0.247. The van der Waals surface area contributed by atoms with Crippen molar-refractivity contribution in [2.45, 2.75) is 59.0 Å². The van der Waals surface area contributed by atoms with Crippen molar-refractivity contribution in [2.75, 3.05) is 26.4 Å². The van der Waals surface area contributed by atoms with E-state index in [0.717, 1.165) is 25.5 Å². The summed E-state index contributed by atoms with van der Waals surface area (Å²) >= 11 is 0. The lowest BCUT2D eigenvalue weighted by Gasteiger charge is -2.31. The Labute approximate surface area is 117 Å². The zero-order valence-corrected chi connectivity index (χ0v) is 13.6. The highest BCUT2D eigenvalue weighted by molar-refractivity contribution is 6.60. The molecule has 1 aliphatic rings. The summed E-state index contributed by atoms with van der Waals surface area (Å²) in [6.45, 7) is 10.6. The van der Waals surface area contributed by atoms with Crippen molar-refractivity contribution < 1.29 is 22.8 Å². The fraction of sp³-hybridized carbons (Fsp3) is 1.00. The summed E-state index contributed by atoms with van der Waals surface area (Å²) in [4.78, 5) is 0. The molecule has 0 aromatic heterocycles. The van der Waals surface area contributed by atoms with Crippen LogP contribution in [0, 0.1) is 0 Å². The van der Waals surface area contributed by atoms with Crippen LogP contribution in [-0.4, -0.2) is 47.6 Å². The SMILES string of the molecule is CCCC[Si](OCC)(OCC)OC(C)OCC1CO1. The Hall–Kier alpha value is 0.0169. The Morgan fingerprint density at radius 2 is 1.84 bits per heavy atom. The van der Waals surface area contributed by atoms with Crippen molar-refractivity contribution in [2.24, 2.45) is 0 Å². The second-order valence-electron chi connectivity index (χ2n) is 4.63. The molecule has 0 bridgehead atoms. The largest absolute Gasteiger partial charge is 0.502 e. The number of epoxide rings is 1. The van der Waals surface area contributed by atoms with E-state index in [9.17, 15) is 0 Å². The molecule has 0 spiro atoms. The highest BCUT2D eigenvalue weighted by Crippen LogP contribution is 2.22. The summed E-state index contributed by atoms with van der Waals surface area (Å²) in [5.41, 5.74) is 0. The maximum Gasteiger partial charge on any atom is 0.502 e. The Kier molecular flexibility index (Phi) is 8.13. The minimum Gasteiger partial charge on any atom is -0.374 e. The molecule has 0 aliphatic carbocycles. The van der Waals surface area contributed by atoms with Crippen LogP contribution in [0.2, 0.25) is 6.04 Å². The molecule has 2 unspecified atom stereocenters. The molecule has 0 saturated carbocycles. The number of hydrogen-bond acceptors (Lipinski definition) is 5. The van der Waals surface area contributed by atoms with Gasteiger partial charge in [-0.25, -0.2) is 0 Å². The summed E-state index contributed by atoms with van der Waals surface area (Å²) in [7, 11) is -2.60. The normalized spacial score (nSPS) is 20.5. The van der Waals surface area contributed by atoms with Gasteiger partial charge in [0.1, 0.15) is 12.4 Å². The first-order valence-electron chi connectivity index (χ1n) is 7.34. The quantitative estimate of drug-likeness (QED) is 0.314. The topological polar surface area (TPSA) is 49.5 Å². The van der Waals surface area contributed by atoms with E-state index in [2.05, 4.69) is 6.92 Å². The molecule has 6 heteroatoms. The van der Waals surface area contributed by atoms with E-state index in [1.807, 2.05) is 20.8 Å². The van der Waals surface area contributed by atoms with Gasteiger partial charge in [-0.05, 0) is 27.2 Å². The van der Waals surface area contributed by atoms with Crippen molar-refractivity contribution in [3.63, 3.8) is 0 Å². The highest BCUT2D eigenvalue weighted by atomic mass is 28.4. The van der Waals surface area contributed by atoms with Crippen molar-refractivity contribution in [3.8, 4) is 0 Å². The van der Waals surface area contributed by atoms with E-state index < -0.39 is 8.80 Å². The first-order chi connectivity index (χ1) is 9.15. The fourth-order valence-electron chi connectivity index (χ4n) is 1.84. The summed E-state index contributed by atoms with van der Waals surface area (Å²) in [5.74, 6) is 0. The predicted octanol–water partition coefficient (Wildman–Crippen LogP) is 2.58. The molecule has 1 fully saturated rings. The first kappa shape index (κ1) is 17.1. The van der Waals surface area contributed by atoms with Crippen LogP contribution in [0.1, 0.15) is 40.5 Å². The number of rotatable bonds is 12. The van der Waals surface area contributed by atoms with Gasteiger partial charge in [-0.3, -0.25) is 0 Å². The lowest BCUT2D eigenvalue weighted by atomic mass is 10.4. The standard InChI is InChI=1S/C13H28O5Si/c1-5-8-9-19(16-6-2,17-7-3)18-12(4)14-10-13-11-15-13/h12-13H,5-11H2,1-4H3. The highest BCUT2D eigenvalue weighted by Gasteiger charge is 2.42. The molecule has 1 aliphatic heterocycles. The van der Waals surface area contributed by atoms with Gasteiger partial charge in [-0.2, -0.15) is 0 Å². The van der Waals surface area contributed by atoms with Gasteiger partial charge in [0.2, 0.25) is 0 Å². The molecular weight excluding hydrogens is 264 g/mol. The van der Waals surface area contributed by atoms with Crippen molar-refractivity contribution in [3.05, 3.63) is 0 Å². The molecule has 0 aromatic rings. The van der Waals surface area contributed by atoms with Crippen molar-refractivity contribution in [1.82, 2.24) is 0 Å². The molecular formula is C13H28O5Si. The fourth-order valence-corrected chi connectivity index (χ4v) is 4.71. The van der Waals surface area contributed by atoms with Gasteiger partial charge < -0.3 is 22.8 Å². The first-order valence-corrected chi connectivity index (χ1v) is 9.27. The lowest BCUT2D eigenvalue weighted by molar-refractivity contribution is -0.111. The van der Waals surface area contributed by atoms with Gasteiger partial charge in [0, 0.05) is 19.3 Å². The molecule has 114 valence electrons. The average Bonchev–Trinajstić information content (AvgIpc) is 3.19. The van der Waals surface area contributed by atoms with Gasteiger partial charge in [0.05, 0.1) is 13.2 Å². The van der Waals surface area contributed by atoms with Crippen LogP contribution in [0.3, 0.4) is 0 Å². The zero-order chi connectivity index (χ0) is 14.1. The molecule has 5 nitrogen and oxygen atoms in total.